The molecule has 1 aliphatic rings. The fraction of sp³-hybridized carbons (Fsp3) is 0.471. The number of hydrogen-bond donors (Lipinski definition) is 1. The van der Waals surface area contributed by atoms with Crippen molar-refractivity contribution in [3.63, 3.8) is 0 Å². The summed E-state index contributed by atoms with van der Waals surface area (Å²) in [5.74, 6) is 0.962. The summed E-state index contributed by atoms with van der Waals surface area (Å²) in [5, 5.41) is 7.87. The number of nitrogens with one attached hydrogen (secondary N) is 1. The number of para-hydroxylation sites is 1. The van der Waals surface area contributed by atoms with Gasteiger partial charge in [-0.15, -0.1) is 12.4 Å². The summed E-state index contributed by atoms with van der Waals surface area (Å²) in [5.41, 5.74) is 3.78. The van der Waals surface area contributed by atoms with Crippen LogP contribution in [0.1, 0.15) is 22.9 Å². The van der Waals surface area contributed by atoms with Crippen molar-refractivity contribution in [3.8, 4) is 5.75 Å². The minimum Gasteiger partial charge on any atom is -0.496 e. The van der Waals surface area contributed by atoms with E-state index in [0.717, 1.165) is 31.9 Å². The minimum absolute atomic E-state index is 0. The molecule has 0 spiro atoms. The van der Waals surface area contributed by atoms with Gasteiger partial charge in [0.25, 0.3) is 0 Å². The number of piperazine rings is 1. The van der Waals surface area contributed by atoms with Gasteiger partial charge >= 0.3 is 0 Å². The number of aryl methyl sites for hydroxylation is 1. The molecule has 1 aliphatic heterocycles. The van der Waals surface area contributed by atoms with E-state index in [1.54, 1.807) is 7.11 Å². The SMILES string of the molecule is COc1ccccc1C1CNCCN1Cc1cnn(C)c1C.Cl. The van der Waals surface area contributed by atoms with Gasteiger partial charge in [0.1, 0.15) is 5.75 Å². The highest BCUT2D eigenvalue weighted by molar-refractivity contribution is 5.85. The summed E-state index contributed by atoms with van der Waals surface area (Å²) >= 11 is 0. The zero-order valence-corrected chi connectivity index (χ0v) is 14.8. The molecule has 1 atom stereocenters. The number of nitrogens with zero attached hydrogens (tertiary/aromatic N) is 3. The molecule has 3 rings (SSSR count). The number of rotatable bonds is 4. The van der Waals surface area contributed by atoms with Crippen LogP contribution in [-0.2, 0) is 13.6 Å². The Kier molecular flexibility index (Phi) is 6.04. The maximum Gasteiger partial charge on any atom is 0.123 e. The van der Waals surface area contributed by atoms with E-state index >= 15 is 0 Å². The Morgan fingerprint density at radius 2 is 2.13 bits per heavy atom. The zero-order chi connectivity index (χ0) is 15.5. The Morgan fingerprint density at radius 3 is 2.83 bits per heavy atom. The third-order valence-corrected chi connectivity index (χ3v) is 4.56. The number of hydrogen-bond acceptors (Lipinski definition) is 4. The largest absolute Gasteiger partial charge is 0.496 e. The van der Waals surface area contributed by atoms with Crippen LogP contribution in [0.3, 0.4) is 0 Å². The van der Waals surface area contributed by atoms with Crippen LogP contribution in [0, 0.1) is 6.92 Å². The highest BCUT2D eigenvalue weighted by Crippen LogP contribution is 2.31. The lowest BCUT2D eigenvalue weighted by molar-refractivity contribution is 0.150. The topological polar surface area (TPSA) is 42.3 Å². The first-order valence-electron chi connectivity index (χ1n) is 7.76. The molecule has 126 valence electrons. The summed E-state index contributed by atoms with van der Waals surface area (Å²) in [4.78, 5) is 2.51. The maximum absolute atomic E-state index is 5.55. The monoisotopic (exact) mass is 336 g/mol. The van der Waals surface area contributed by atoms with Crippen molar-refractivity contribution in [1.82, 2.24) is 20.0 Å². The number of benzene rings is 1. The van der Waals surface area contributed by atoms with Gasteiger partial charge in [-0.05, 0) is 13.0 Å². The molecule has 2 aromatic rings. The lowest BCUT2D eigenvalue weighted by atomic mass is 10.0. The van der Waals surface area contributed by atoms with Gasteiger partial charge in [0.05, 0.1) is 19.3 Å². The molecule has 1 saturated heterocycles. The minimum atomic E-state index is 0. The summed E-state index contributed by atoms with van der Waals surface area (Å²) in [6.07, 6.45) is 1.98. The van der Waals surface area contributed by atoms with Crippen LogP contribution in [0.5, 0.6) is 5.75 Å². The van der Waals surface area contributed by atoms with Gasteiger partial charge in [-0.2, -0.15) is 5.10 Å². The molecule has 1 fully saturated rings. The highest BCUT2D eigenvalue weighted by Gasteiger charge is 2.26. The van der Waals surface area contributed by atoms with Crippen molar-refractivity contribution in [2.24, 2.45) is 7.05 Å². The van der Waals surface area contributed by atoms with Crippen molar-refractivity contribution in [3.05, 3.63) is 47.3 Å². The van der Waals surface area contributed by atoms with Crippen molar-refractivity contribution in [2.75, 3.05) is 26.7 Å². The molecule has 5 nitrogen and oxygen atoms in total. The standard InChI is InChI=1S/C17H24N4O.ClH/c1-13-14(10-19-20(13)2)12-21-9-8-18-11-16(21)15-6-4-5-7-17(15)22-3;/h4-7,10,16,18H,8-9,11-12H2,1-3H3;1H. The van der Waals surface area contributed by atoms with Crippen LogP contribution >= 0.6 is 12.4 Å². The van der Waals surface area contributed by atoms with Crippen LogP contribution in [-0.4, -0.2) is 41.4 Å². The van der Waals surface area contributed by atoms with Crippen molar-refractivity contribution >= 4 is 12.4 Å². The summed E-state index contributed by atoms with van der Waals surface area (Å²) < 4.78 is 7.49. The summed E-state index contributed by atoms with van der Waals surface area (Å²) in [6.45, 7) is 6.04. The first-order chi connectivity index (χ1) is 10.7. The Balaban J connectivity index is 0.00000192. The van der Waals surface area contributed by atoms with Crippen LogP contribution in [0.2, 0.25) is 0 Å². The van der Waals surface area contributed by atoms with Gasteiger partial charge in [-0.25, -0.2) is 0 Å². The molecule has 0 saturated carbocycles. The zero-order valence-electron chi connectivity index (χ0n) is 14.0. The molecular weight excluding hydrogens is 312 g/mol. The van der Waals surface area contributed by atoms with Gasteiger partial charge < -0.3 is 10.1 Å². The second-order valence-corrected chi connectivity index (χ2v) is 5.81. The van der Waals surface area contributed by atoms with E-state index in [0.29, 0.717) is 6.04 Å². The second kappa shape index (κ2) is 7.81. The second-order valence-electron chi connectivity index (χ2n) is 5.81. The van der Waals surface area contributed by atoms with E-state index in [9.17, 15) is 0 Å². The molecule has 1 N–H and O–H groups in total. The molecule has 1 unspecified atom stereocenters. The van der Waals surface area contributed by atoms with E-state index in [2.05, 4.69) is 34.4 Å². The quantitative estimate of drug-likeness (QED) is 0.930. The average Bonchev–Trinajstić information content (AvgIpc) is 2.87. The van der Waals surface area contributed by atoms with E-state index < -0.39 is 0 Å². The van der Waals surface area contributed by atoms with Crippen molar-refractivity contribution in [2.45, 2.75) is 19.5 Å². The number of halogens is 1. The molecule has 2 heterocycles. The van der Waals surface area contributed by atoms with E-state index in [1.807, 2.05) is 30.1 Å². The maximum atomic E-state index is 5.55. The Bertz CT molecular complexity index is 643. The average molecular weight is 337 g/mol. The first-order valence-corrected chi connectivity index (χ1v) is 7.76. The highest BCUT2D eigenvalue weighted by atomic mass is 35.5. The van der Waals surface area contributed by atoms with Gasteiger partial charge in [0.2, 0.25) is 0 Å². The lowest BCUT2D eigenvalue weighted by Gasteiger charge is -2.37. The van der Waals surface area contributed by atoms with Gasteiger partial charge in [0.15, 0.2) is 0 Å². The van der Waals surface area contributed by atoms with E-state index in [4.69, 9.17) is 4.74 Å². The molecule has 0 amide bonds. The fourth-order valence-corrected chi connectivity index (χ4v) is 3.10. The molecule has 0 aliphatic carbocycles. The molecule has 0 radical (unpaired) electrons. The lowest BCUT2D eigenvalue weighted by Crippen LogP contribution is -2.45. The van der Waals surface area contributed by atoms with Crippen LogP contribution in [0.25, 0.3) is 0 Å². The Labute approximate surface area is 144 Å². The van der Waals surface area contributed by atoms with Crippen molar-refractivity contribution < 1.29 is 4.74 Å². The number of ether oxygens (including phenoxy) is 1. The summed E-state index contributed by atoms with van der Waals surface area (Å²) in [6, 6.07) is 8.63. The molecule has 23 heavy (non-hydrogen) atoms. The van der Waals surface area contributed by atoms with Crippen molar-refractivity contribution in [1.29, 1.82) is 0 Å². The normalized spacial score (nSPS) is 18.5. The van der Waals surface area contributed by atoms with E-state index in [1.165, 1.54) is 16.8 Å². The smallest absolute Gasteiger partial charge is 0.123 e. The molecule has 1 aromatic heterocycles. The van der Waals surface area contributed by atoms with Crippen LogP contribution < -0.4 is 10.1 Å². The van der Waals surface area contributed by atoms with Crippen LogP contribution in [0.4, 0.5) is 0 Å². The molecule has 6 heteroatoms. The number of aromatic nitrogens is 2. The van der Waals surface area contributed by atoms with Gasteiger partial charge in [-0.3, -0.25) is 9.58 Å². The third-order valence-electron chi connectivity index (χ3n) is 4.56. The molecular formula is C17H25ClN4O. The van der Waals surface area contributed by atoms with Gasteiger partial charge in [-0.1, -0.05) is 18.2 Å². The Hall–Kier alpha value is -1.56. The third kappa shape index (κ3) is 3.68. The number of methoxy groups -OCH3 is 1. The molecule has 1 aromatic carbocycles. The van der Waals surface area contributed by atoms with Gasteiger partial charge in [0, 0.05) is 50.0 Å². The van der Waals surface area contributed by atoms with Crippen LogP contribution in [0.15, 0.2) is 30.5 Å². The molecule has 0 bridgehead atoms. The fourth-order valence-electron chi connectivity index (χ4n) is 3.10. The Morgan fingerprint density at radius 1 is 1.35 bits per heavy atom. The first kappa shape index (κ1) is 17.8. The van der Waals surface area contributed by atoms with E-state index in [-0.39, 0.29) is 12.4 Å². The predicted molar refractivity (Wildman–Crippen MR) is 94.2 cm³/mol. The predicted octanol–water partition coefficient (Wildman–Crippen LogP) is 2.31. The summed E-state index contributed by atoms with van der Waals surface area (Å²) in [7, 11) is 3.74.